The second-order valence-electron chi connectivity index (χ2n) is 4.41. The third-order valence-corrected chi connectivity index (χ3v) is 3.50. The molecule has 0 saturated heterocycles. The molecule has 0 aliphatic rings. The van der Waals surface area contributed by atoms with E-state index in [9.17, 15) is 14.7 Å². The minimum atomic E-state index is -1.07. The molecule has 0 saturated carbocycles. The molecule has 108 valence electrons. The van der Waals surface area contributed by atoms with Crippen molar-refractivity contribution in [1.29, 1.82) is 0 Å². The van der Waals surface area contributed by atoms with Gasteiger partial charge >= 0.3 is 5.97 Å². The van der Waals surface area contributed by atoms with Crippen molar-refractivity contribution in [1.82, 2.24) is 10.3 Å². The SMILES string of the molecule is O=C(N[C@@H](Cc1cccc(I)c1)C(=O)O)c1ccccn1. The molecule has 0 aliphatic carbocycles. The number of halogens is 1. The molecule has 6 heteroatoms. The van der Waals surface area contributed by atoms with Crippen molar-refractivity contribution in [2.24, 2.45) is 0 Å². The molecule has 0 bridgehead atoms. The molecule has 1 aromatic carbocycles. The average molecular weight is 396 g/mol. The van der Waals surface area contributed by atoms with Crippen molar-refractivity contribution >= 4 is 34.5 Å². The number of carbonyl (C=O) groups excluding carboxylic acids is 1. The minimum Gasteiger partial charge on any atom is -0.480 e. The molecule has 0 aliphatic heterocycles. The summed E-state index contributed by atoms with van der Waals surface area (Å²) in [5, 5.41) is 11.8. The molecule has 1 amide bonds. The smallest absolute Gasteiger partial charge is 0.326 e. The third kappa shape index (κ3) is 4.52. The number of hydrogen-bond acceptors (Lipinski definition) is 3. The zero-order valence-electron chi connectivity index (χ0n) is 11.0. The number of carboxylic acids is 1. The number of nitrogens with one attached hydrogen (secondary N) is 1. The van der Waals surface area contributed by atoms with Crippen molar-refractivity contribution < 1.29 is 14.7 Å². The molecule has 21 heavy (non-hydrogen) atoms. The van der Waals surface area contributed by atoms with Crippen molar-refractivity contribution in [3.05, 3.63) is 63.5 Å². The first-order valence-corrected chi connectivity index (χ1v) is 7.33. The molecule has 5 nitrogen and oxygen atoms in total. The molecular formula is C15H13IN2O3. The monoisotopic (exact) mass is 396 g/mol. The van der Waals surface area contributed by atoms with Crippen LogP contribution in [0.4, 0.5) is 0 Å². The molecule has 1 atom stereocenters. The number of hydrogen-bond donors (Lipinski definition) is 2. The molecule has 2 N–H and O–H groups in total. The van der Waals surface area contributed by atoms with Gasteiger partial charge in [-0.1, -0.05) is 18.2 Å². The molecule has 0 spiro atoms. The summed E-state index contributed by atoms with van der Waals surface area (Å²) >= 11 is 2.16. The van der Waals surface area contributed by atoms with Crippen LogP contribution in [0.2, 0.25) is 0 Å². The summed E-state index contributed by atoms with van der Waals surface area (Å²) in [4.78, 5) is 27.2. The predicted octanol–water partition coefficient (Wildman–Crippen LogP) is 2.11. The number of rotatable bonds is 5. The van der Waals surface area contributed by atoms with Crippen molar-refractivity contribution in [3.63, 3.8) is 0 Å². The van der Waals surface area contributed by atoms with Gasteiger partial charge in [0.15, 0.2) is 0 Å². The van der Waals surface area contributed by atoms with E-state index in [4.69, 9.17) is 0 Å². The summed E-state index contributed by atoms with van der Waals surface area (Å²) in [5.74, 6) is -1.56. The number of carboxylic acid groups (broad SMARTS) is 1. The maximum absolute atomic E-state index is 12.0. The highest BCUT2D eigenvalue weighted by atomic mass is 127. The summed E-state index contributed by atoms with van der Waals surface area (Å²) in [6, 6.07) is 11.4. The van der Waals surface area contributed by atoms with Crippen LogP contribution in [-0.4, -0.2) is 28.0 Å². The van der Waals surface area contributed by atoms with Crippen LogP contribution in [0.5, 0.6) is 0 Å². The number of aromatic nitrogens is 1. The summed E-state index contributed by atoms with van der Waals surface area (Å²) in [6.45, 7) is 0. The van der Waals surface area contributed by atoms with Gasteiger partial charge in [-0.3, -0.25) is 9.78 Å². The van der Waals surface area contributed by atoms with Crippen molar-refractivity contribution in [2.75, 3.05) is 0 Å². The number of pyridine rings is 1. The van der Waals surface area contributed by atoms with Gasteiger partial charge in [0.25, 0.3) is 5.91 Å². The Labute approximate surface area is 135 Å². The van der Waals surface area contributed by atoms with E-state index in [1.165, 1.54) is 6.20 Å². The quantitative estimate of drug-likeness (QED) is 0.759. The highest BCUT2D eigenvalue weighted by molar-refractivity contribution is 14.1. The second-order valence-corrected chi connectivity index (χ2v) is 5.66. The van der Waals surface area contributed by atoms with Gasteiger partial charge in [-0.2, -0.15) is 0 Å². The largest absolute Gasteiger partial charge is 0.480 e. The van der Waals surface area contributed by atoms with Gasteiger partial charge in [-0.25, -0.2) is 4.79 Å². The topological polar surface area (TPSA) is 79.3 Å². The van der Waals surface area contributed by atoms with Gasteiger partial charge in [0.05, 0.1) is 0 Å². The molecular weight excluding hydrogens is 383 g/mol. The van der Waals surface area contributed by atoms with Gasteiger partial charge in [-0.15, -0.1) is 0 Å². The lowest BCUT2D eigenvalue weighted by atomic mass is 10.1. The summed E-state index contributed by atoms with van der Waals surface area (Å²) in [5.41, 5.74) is 1.06. The van der Waals surface area contributed by atoms with Gasteiger partial charge in [0.2, 0.25) is 0 Å². The maximum Gasteiger partial charge on any atom is 0.326 e. The number of carbonyl (C=O) groups is 2. The number of nitrogens with zero attached hydrogens (tertiary/aromatic N) is 1. The maximum atomic E-state index is 12.0. The molecule has 0 radical (unpaired) electrons. The number of amides is 1. The lowest BCUT2D eigenvalue weighted by molar-refractivity contribution is -0.139. The minimum absolute atomic E-state index is 0.200. The van der Waals surface area contributed by atoms with Gasteiger partial charge in [0, 0.05) is 16.2 Å². The normalized spacial score (nSPS) is 11.7. The van der Waals surface area contributed by atoms with E-state index in [1.54, 1.807) is 18.2 Å². The molecule has 0 unspecified atom stereocenters. The van der Waals surface area contributed by atoms with Crippen LogP contribution in [0.15, 0.2) is 48.7 Å². The van der Waals surface area contributed by atoms with Gasteiger partial charge < -0.3 is 10.4 Å². The fourth-order valence-electron chi connectivity index (χ4n) is 1.83. The number of benzene rings is 1. The predicted molar refractivity (Wildman–Crippen MR) is 86.0 cm³/mol. The first-order valence-electron chi connectivity index (χ1n) is 6.25. The average Bonchev–Trinajstić information content (AvgIpc) is 2.47. The van der Waals surface area contributed by atoms with Crippen LogP contribution in [0, 0.1) is 3.57 Å². The van der Waals surface area contributed by atoms with Crippen LogP contribution < -0.4 is 5.32 Å². The fraction of sp³-hybridized carbons (Fsp3) is 0.133. The van der Waals surface area contributed by atoms with E-state index >= 15 is 0 Å². The number of aliphatic carboxylic acids is 1. The van der Waals surface area contributed by atoms with Crippen LogP contribution >= 0.6 is 22.6 Å². The Kier molecular flexibility index (Phi) is 5.26. The van der Waals surface area contributed by atoms with Gasteiger partial charge in [0.1, 0.15) is 11.7 Å². The first-order chi connectivity index (χ1) is 10.1. The fourth-order valence-corrected chi connectivity index (χ4v) is 2.44. The highest BCUT2D eigenvalue weighted by Crippen LogP contribution is 2.10. The summed E-state index contributed by atoms with van der Waals surface area (Å²) in [6.07, 6.45) is 1.72. The van der Waals surface area contributed by atoms with E-state index in [1.807, 2.05) is 24.3 Å². The Morgan fingerprint density at radius 2 is 2.05 bits per heavy atom. The van der Waals surface area contributed by atoms with Crippen LogP contribution in [0.3, 0.4) is 0 Å². The molecule has 2 aromatic rings. The van der Waals surface area contributed by atoms with Crippen molar-refractivity contribution in [2.45, 2.75) is 12.5 Å². The first kappa shape index (κ1) is 15.4. The molecule has 1 aromatic heterocycles. The highest BCUT2D eigenvalue weighted by Gasteiger charge is 2.21. The van der Waals surface area contributed by atoms with Crippen LogP contribution in [0.1, 0.15) is 16.1 Å². The summed E-state index contributed by atoms with van der Waals surface area (Å²) < 4.78 is 1.02. The Morgan fingerprint density at radius 3 is 2.67 bits per heavy atom. The Morgan fingerprint density at radius 1 is 1.24 bits per heavy atom. The van der Waals surface area contributed by atoms with E-state index in [0.29, 0.717) is 0 Å². The third-order valence-electron chi connectivity index (χ3n) is 2.83. The van der Waals surface area contributed by atoms with E-state index < -0.39 is 17.9 Å². The Balaban J connectivity index is 2.09. The van der Waals surface area contributed by atoms with Crippen LogP contribution in [-0.2, 0) is 11.2 Å². The zero-order valence-corrected chi connectivity index (χ0v) is 13.1. The van der Waals surface area contributed by atoms with Crippen LogP contribution in [0.25, 0.3) is 0 Å². The van der Waals surface area contributed by atoms with Crippen molar-refractivity contribution in [3.8, 4) is 0 Å². The lowest BCUT2D eigenvalue weighted by Gasteiger charge is -2.14. The molecule has 0 fully saturated rings. The molecule has 2 rings (SSSR count). The Bertz CT molecular complexity index is 646. The molecule has 1 heterocycles. The standard InChI is InChI=1S/C15H13IN2O3/c16-11-5-3-4-10(8-11)9-13(15(20)21)18-14(19)12-6-1-2-7-17-12/h1-8,13H,9H2,(H,18,19)(H,20,21)/t13-/m0/s1. The van der Waals surface area contributed by atoms with Gasteiger partial charge in [-0.05, 0) is 52.4 Å². The van der Waals surface area contributed by atoms with E-state index in [0.717, 1.165) is 9.13 Å². The lowest BCUT2D eigenvalue weighted by Crippen LogP contribution is -2.42. The van der Waals surface area contributed by atoms with E-state index in [2.05, 4.69) is 32.9 Å². The Hall–Kier alpha value is -1.96. The van der Waals surface area contributed by atoms with E-state index in [-0.39, 0.29) is 12.1 Å². The zero-order chi connectivity index (χ0) is 15.2. The second kappa shape index (κ2) is 7.16. The summed E-state index contributed by atoms with van der Waals surface area (Å²) in [7, 11) is 0.